The summed E-state index contributed by atoms with van der Waals surface area (Å²) in [5, 5.41) is 0. The lowest BCUT2D eigenvalue weighted by Gasteiger charge is -2.19. The second-order valence-corrected chi connectivity index (χ2v) is 4.59. The Labute approximate surface area is 91.7 Å². The SMILES string of the molecule is CCCc1oc(C(C)(C)CC)cc1C=O. The fourth-order valence-corrected chi connectivity index (χ4v) is 1.47. The predicted molar refractivity (Wildman–Crippen MR) is 61.4 cm³/mol. The van der Waals surface area contributed by atoms with Crippen molar-refractivity contribution in [1.82, 2.24) is 0 Å². The Morgan fingerprint density at radius 2 is 2.07 bits per heavy atom. The molecule has 1 rings (SSSR count). The van der Waals surface area contributed by atoms with Gasteiger partial charge in [-0.15, -0.1) is 0 Å². The summed E-state index contributed by atoms with van der Waals surface area (Å²) in [5.74, 6) is 1.76. The number of hydrogen-bond acceptors (Lipinski definition) is 2. The Morgan fingerprint density at radius 3 is 2.53 bits per heavy atom. The maximum Gasteiger partial charge on any atom is 0.153 e. The van der Waals surface area contributed by atoms with E-state index in [1.54, 1.807) is 0 Å². The van der Waals surface area contributed by atoms with Gasteiger partial charge in [0.1, 0.15) is 11.5 Å². The summed E-state index contributed by atoms with van der Waals surface area (Å²) in [4.78, 5) is 10.9. The number of furan rings is 1. The maximum atomic E-state index is 10.9. The van der Waals surface area contributed by atoms with Gasteiger partial charge in [0.2, 0.25) is 0 Å². The summed E-state index contributed by atoms with van der Waals surface area (Å²) >= 11 is 0. The van der Waals surface area contributed by atoms with Gasteiger partial charge in [0.05, 0.1) is 5.56 Å². The van der Waals surface area contributed by atoms with Gasteiger partial charge in [-0.25, -0.2) is 0 Å². The highest BCUT2D eigenvalue weighted by Gasteiger charge is 2.24. The molecule has 0 unspecified atom stereocenters. The fourth-order valence-electron chi connectivity index (χ4n) is 1.47. The van der Waals surface area contributed by atoms with Crippen molar-refractivity contribution in [2.24, 2.45) is 0 Å². The molecule has 0 spiro atoms. The molecule has 0 aromatic carbocycles. The third kappa shape index (κ3) is 2.49. The third-order valence-electron chi connectivity index (χ3n) is 3.00. The van der Waals surface area contributed by atoms with E-state index in [9.17, 15) is 4.79 Å². The summed E-state index contributed by atoms with van der Waals surface area (Å²) < 4.78 is 5.77. The monoisotopic (exact) mass is 208 g/mol. The Bertz CT molecular complexity index is 334. The first kappa shape index (κ1) is 12.0. The lowest BCUT2D eigenvalue weighted by Crippen LogP contribution is -2.14. The van der Waals surface area contributed by atoms with E-state index in [2.05, 4.69) is 27.7 Å². The highest BCUT2D eigenvalue weighted by atomic mass is 16.3. The number of aryl methyl sites for hydroxylation is 1. The molecule has 1 aromatic heterocycles. The van der Waals surface area contributed by atoms with E-state index in [1.165, 1.54) is 0 Å². The average molecular weight is 208 g/mol. The van der Waals surface area contributed by atoms with Gasteiger partial charge in [-0.3, -0.25) is 4.79 Å². The van der Waals surface area contributed by atoms with Crippen LogP contribution in [0.25, 0.3) is 0 Å². The molecular formula is C13H20O2. The van der Waals surface area contributed by atoms with Crippen LogP contribution >= 0.6 is 0 Å². The van der Waals surface area contributed by atoms with Crippen molar-refractivity contribution in [2.75, 3.05) is 0 Å². The van der Waals surface area contributed by atoms with Crippen molar-refractivity contribution in [1.29, 1.82) is 0 Å². The predicted octanol–water partition coefficient (Wildman–Crippen LogP) is 3.73. The van der Waals surface area contributed by atoms with Crippen LogP contribution in [0.5, 0.6) is 0 Å². The van der Waals surface area contributed by atoms with Crippen molar-refractivity contribution in [3.8, 4) is 0 Å². The molecule has 15 heavy (non-hydrogen) atoms. The van der Waals surface area contributed by atoms with Crippen LogP contribution in [-0.4, -0.2) is 6.29 Å². The number of hydrogen-bond donors (Lipinski definition) is 0. The van der Waals surface area contributed by atoms with Crippen LogP contribution in [0.4, 0.5) is 0 Å². The van der Waals surface area contributed by atoms with Gasteiger partial charge in [-0.1, -0.05) is 27.7 Å². The molecule has 1 heterocycles. The van der Waals surface area contributed by atoms with Gasteiger partial charge in [0, 0.05) is 11.8 Å². The molecule has 2 nitrogen and oxygen atoms in total. The maximum absolute atomic E-state index is 10.9. The van der Waals surface area contributed by atoms with Gasteiger partial charge < -0.3 is 4.42 Å². The minimum Gasteiger partial charge on any atom is -0.465 e. The van der Waals surface area contributed by atoms with E-state index >= 15 is 0 Å². The summed E-state index contributed by atoms with van der Waals surface area (Å²) in [7, 11) is 0. The lowest BCUT2D eigenvalue weighted by molar-refractivity contribution is 0.112. The molecule has 0 saturated heterocycles. The van der Waals surface area contributed by atoms with E-state index in [-0.39, 0.29) is 5.41 Å². The summed E-state index contributed by atoms with van der Waals surface area (Å²) in [6.45, 7) is 8.48. The highest BCUT2D eigenvalue weighted by Crippen LogP contribution is 2.30. The zero-order valence-corrected chi connectivity index (χ0v) is 10.1. The van der Waals surface area contributed by atoms with Gasteiger partial charge in [0.25, 0.3) is 0 Å². The molecule has 0 saturated carbocycles. The van der Waals surface area contributed by atoms with Crippen LogP contribution in [-0.2, 0) is 11.8 Å². The fraction of sp³-hybridized carbons (Fsp3) is 0.615. The zero-order valence-electron chi connectivity index (χ0n) is 10.1. The molecule has 0 aliphatic carbocycles. The first-order valence-corrected chi connectivity index (χ1v) is 5.63. The van der Waals surface area contributed by atoms with Gasteiger partial charge in [0.15, 0.2) is 6.29 Å². The largest absolute Gasteiger partial charge is 0.465 e. The highest BCUT2D eigenvalue weighted by molar-refractivity contribution is 5.76. The van der Waals surface area contributed by atoms with E-state index in [4.69, 9.17) is 4.42 Å². The Morgan fingerprint density at radius 1 is 1.40 bits per heavy atom. The standard InChI is InChI=1S/C13H20O2/c1-5-7-11-10(9-14)8-12(15-11)13(3,4)6-2/h8-9H,5-7H2,1-4H3. The molecule has 84 valence electrons. The molecule has 0 aliphatic rings. The number of rotatable bonds is 5. The topological polar surface area (TPSA) is 30.2 Å². The van der Waals surface area contributed by atoms with Crippen LogP contribution in [0.15, 0.2) is 10.5 Å². The molecule has 0 radical (unpaired) electrons. The smallest absolute Gasteiger partial charge is 0.153 e. The van der Waals surface area contributed by atoms with Gasteiger partial charge in [-0.05, 0) is 18.9 Å². The Balaban J connectivity index is 3.07. The van der Waals surface area contributed by atoms with Crippen molar-refractivity contribution in [2.45, 2.75) is 52.4 Å². The minimum absolute atomic E-state index is 0.0176. The van der Waals surface area contributed by atoms with E-state index in [0.717, 1.165) is 37.1 Å². The minimum atomic E-state index is 0.0176. The summed E-state index contributed by atoms with van der Waals surface area (Å²) in [5.41, 5.74) is 0.734. The molecule has 2 heteroatoms. The third-order valence-corrected chi connectivity index (χ3v) is 3.00. The normalized spacial score (nSPS) is 11.7. The van der Waals surface area contributed by atoms with Gasteiger partial charge >= 0.3 is 0 Å². The van der Waals surface area contributed by atoms with E-state index in [0.29, 0.717) is 5.56 Å². The number of carbonyl (C=O) groups is 1. The molecule has 0 atom stereocenters. The molecule has 1 aromatic rings. The van der Waals surface area contributed by atoms with Crippen molar-refractivity contribution in [3.05, 3.63) is 23.2 Å². The van der Waals surface area contributed by atoms with Crippen LogP contribution in [0.2, 0.25) is 0 Å². The Kier molecular flexibility index (Phi) is 3.72. The van der Waals surface area contributed by atoms with Crippen LogP contribution in [0.3, 0.4) is 0 Å². The van der Waals surface area contributed by atoms with Crippen molar-refractivity contribution in [3.63, 3.8) is 0 Å². The second-order valence-electron chi connectivity index (χ2n) is 4.59. The zero-order chi connectivity index (χ0) is 11.5. The van der Waals surface area contributed by atoms with Crippen LogP contribution in [0, 0.1) is 0 Å². The quantitative estimate of drug-likeness (QED) is 0.690. The van der Waals surface area contributed by atoms with Crippen LogP contribution in [0.1, 0.15) is 62.4 Å². The molecule has 0 bridgehead atoms. The molecule has 0 aliphatic heterocycles. The lowest BCUT2D eigenvalue weighted by atomic mass is 9.87. The number of aldehydes is 1. The molecule has 0 fully saturated rings. The summed E-state index contributed by atoms with van der Waals surface area (Å²) in [6, 6.07) is 1.89. The molecule has 0 amide bonds. The average Bonchev–Trinajstić information content (AvgIpc) is 2.62. The van der Waals surface area contributed by atoms with E-state index < -0.39 is 0 Å². The molecular weight excluding hydrogens is 188 g/mol. The van der Waals surface area contributed by atoms with E-state index in [1.807, 2.05) is 6.07 Å². The second kappa shape index (κ2) is 4.65. The summed E-state index contributed by atoms with van der Waals surface area (Å²) in [6.07, 6.45) is 3.74. The molecule has 0 N–H and O–H groups in total. The Hall–Kier alpha value is -1.05. The number of carbonyl (C=O) groups excluding carboxylic acids is 1. The van der Waals surface area contributed by atoms with Gasteiger partial charge in [-0.2, -0.15) is 0 Å². The first-order chi connectivity index (χ1) is 7.05. The van der Waals surface area contributed by atoms with Crippen LogP contribution < -0.4 is 0 Å². The first-order valence-electron chi connectivity index (χ1n) is 5.63. The van der Waals surface area contributed by atoms with Crippen molar-refractivity contribution < 1.29 is 9.21 Å². The van der Waals surface area contributed by atoms with Crippen molar-refractivity contribution >= 4 is 6.29 Å².